The molecule has 0 spiro atoms. The fourth-order valence-electron chi connectivity index (χ4n) is 2.40. The van der Waals surface area contributed by atoms with Crippen LogP contribution in [0.5, 0.6) is 0 Å². The van der Waals surface area contributed by atoms with Gasteiger partial charge in [-0.2, -0.15) is 0 Å². The summed E-state index contributed by atoms with van der Waals surface area (Å²) in [7, 11) is -3.99. The lowest BCUT2D eigenvalue weighted by Gasteiger charge is -2.11. The molecule has 144 valence electrons. The van der Waals surface area contributed by atoms with E-state index in [1.54, 1.807) is 30.3 Å². The number of benzene rings is 3. The second kappa shape index (κ2) is 8.41. The Morgan fingerprint density at radius 3 is 2.07 bits per heavy atom. The van der Waals surface area contributed by atoms with Crippen molar-refractivity contribution in [3.63, 3.8) is 0 Å². The lowest BCUT2D eigenvalue weighted by atomic mass is 10.2. The normalized spacial score (nSPS) is 11.1. The van der Waals surface area contributed by atoms with Crippen molar-refractivity contribution in [2.75, 3.05) is 10.0 Å². The zero-order chi connectivity index (χ0) is 20.3. The van der Waals surface area contributed by atoms with Gasteiger partial charge >= 0.3 is 0 Å². The predicted molar refractivity (Wildman–Crippen MR) is 113 cm³/mol. The van der Waals surface area contributed by atoms with Crippen molar-refractivity contribution in [3.05, 3.63) is 87.4 Å². The first-order chi connectivity index (χ1) is 13.2. The lowest BCUT2D eigenvalue weighted by Crippen LogP contribution is -2.16. The molecule has 0 heterocycles. The Hall–Kier alpha value is -2.25. The van der Waals surface area contributed by atoms with Gasteiger partial charge in [0.15, 0.2) is 0 Å². The molecule has 0 aliphatic heterocycles. The number of carbonyl (C=O) groups excluding carboxylic acids is 1. The molecule has 1 amide bonds. The highest BCUT2D eigenvalue weighted by atomic mass is 35.5. The molecule has 28 heavy (non-hydrogen) atoms. The molecule has 3 aromatic carbocycles. The van der Waals surface area contributed by atoms with Gasteiger partial charge in [0.2, 0.25) is 0 Å². The Morgan fingerprint density at radius 1 is 0.786 bits per heavy atom. The summed E-state index contributed by atoms with van der Waals surface area (Å²) in [6.45, 7) is 0. The maximum atomic E-state index is 12.7. The van der Waals surface area contributed by atoms with E-state index >= 15 is 0 Å². The van der Waals surface area contributed by atoms with Crippen molar-refractivity contribution < 1.29 is 13.2 Å². The van der Waals surface area contributed by atoms with Gasteiger partial charge in [0.25, 0.3) is 15.9 Å². The van der Waals surface area contributed by atoms with Crippen molar-refractivity contribution in [3.8, 4) is 0 Å². The molecule has 0 unspecified atom stereocenters. The summed E-state index contributed by atoms with van der Waals surface area (Å²) in [6.07, 6.45) is 0. The van der Waals surface area contributed by atoms with E-state index in [1.165, 1.54) is 36.4 Å². The lowest BCUT2D eigenvalue weighted by molar-refractivity contribution is 0.102. The van der Waals surface area contributed by atoms with Crippen molar-refractivity contribution in [2.45, 2.75) is 4.90 Å². The van der Waals surface area contributed by atoms with Gasteiger partial charge in [0.1, 0.15) is 4.90 Å². The molecule has 0 atom stereocenters. The number of anilines is 2. The summed E-state index contributed by atoms with van der Waals surface area (Å²) in [5.74, 6) is -0.536. The molecular weight excluding hydrogens is 443 g/mol. The fourth-order valence-corrected chi connectivity index (χ4v) is 4.51. The van der Waals surface area contributed by atoms with Crippen LogP contribution in [0.2, 0.25) is 15.1 Å². The van der Waals surface area contributed by atoms with E-state index in [0.29, 0.717) is 21.4 Å². The van der Waals surface area contributed by atoms with E-state index in [0.717, 1.165) is 0 Å². The molecule has 0 radical (unpaired) electrons. The standard InChI is InChI=1S/C19H13Cl3N2O3S/c20-13-9-14(21)11-16(10-13)23-19(25)12-6-7-17(22)18(8-12)28(26,27)24-15-4-2-1-3-5-15/h1-11,24H,(H,23,25). The SMILES string of the molecule is O=C(Nc1cc(Cl)cc(Cl)c1)c1ccc(Cl)c(S(=O)(=O)Nc2ccccc2)c1. The maximum Gasteiger partial charge on any atom is 0.263 e. The number of nitrogens with one attached hydrogen (secondary N) is 2. The number of carbonyl (C=O) groups is 1. The van der Waals surface area contributed by atoms with Gasteiger partial charge in [0, 0.05) is 27.0 Å². The van der Waals surface area contributed by atoms with Crippen LogP contribution < -0.4 is 10.0 Å². The minimum Gasteiger partial charge on any atom is -0.322 e. The van der Waals surface area contributed by atoms with Gasteiger partial charge in [-0.3, -0.25) is 9.52 Å². The maximum absolute atomic E-state index is 12.7. The predicted octanol–water partition coefficient (Wildman–Crippen LogP) is 5.70. The van der Waals surface area contributed by atoms with Gasteiger partial charge in [-0.05, 0) is 48.5 Å². The van der Waals surface area contributed by atoms with Crippen molar-refractivity contribution in [1.29, 1.82) is 0 Å². The molecule has 9 heteroatoms. The Kier molecular flexibility index (Phi) is 6.15. The minimum absolute atomic E-state index is 0.00854. The molecule has 0 saturated heterocycles. The number of sulfonamides is 1. The number of hydrogen-bond acceptors (Lipinski definition) is 3. The highest BCUT2D eigenvalue weighted by molar-refractivity contribution is 7.92. The zero-order valence-corrected chi connectivity index (χ0v) is 17.2. The Morgan fingerprint density at radius 2 is 1.43 bits per heavy atom. The van der Waals surface area contributed by atoms with Crippen LogP contribution in [-0.4, -0.2) is 14.3 Å². The molecule has 3 rings (SSSR count). The third kappa shape index (κ3) is 4.97. The van der Waals surface area contributed by atoms with Crippen LogP contribution in [0.1, 0.15) is 10.4 Å². The third-order valence-corrected chi connectivity index (χ3v) is 5.93. The number of hydrogen-bond donors (Lipinski definition) is 2. The summed E-state index contributed by atoms with van der Waals surface area (Å²) in [5.41, 5.74) is 0.861. The molecule has 0 aliphatic carbocycles. The summed E-state index contributed by atoms with van der Waals surface area (Å²) in [4.78, 5) is 12.3. The quantitative estimate of drug-likeness (QED) is 0.518. The number of rotatable bonds is 5. The van der Waals surface area contributed by atoms with E-state index in [1.807, 2.05) is 0 Å². The molecule has 3 aromatic rings. The van der Waals surface area contributed by atoms with Crippen LogP contribution in [0.15, 0.2) is 71.6 Å². The molecule has 0 aromatic heterocycles. The summed E-state index contributed by atoms with van der Waals surface area (Å²) in [5, 5.41) is 3.32. The van der Waals surface area contributed by atoms with Crippen LogP contribution in [-0.2, 0) is 10.0 Å². The largest absolute Gasteiger partial charge is 0.322 e. The Balaban J connectivity index is 1.89. The average molecular weight is 456 g/mol. The molecule has 0 aliphatic rings. The number of amides is 1. The molecular formula is C19H13Cl3N2O3S. The van der Waals surface area contributed by atoms with E-state index in [2.05, 4.69) is 10.0 Å². The van der Waals surface area contributed by atoms with Crippen LogP contribution in [0.4, 0.5) is 11.4 Å². The van der Waals surface area contributed by atoms with Crippen molar-refractivity contribution in [1.82, 2.24) is 0 Å². The first-order valence-electron chi connectivity index (χ1n) is 7.89. The van der Waals surface area contributed by atoms with E-state index in [4.69, 9.17) is 34.8 Å². The van der Waals surface area contributed by atoms with Crippen LogP contribution in [0.3, 0.4) is 0 Å². The molecule has 0 saturated carbocycles. The zero-order valence-electron chi connectivity index (χ0n) is 14.1. The molecule has 0 fully saturated rings. The van der Waals surface area contributed by atoms with Crippen LogP contribution in [0.25, 0.3) is 0 Å². The van der Waals surface area contributed by atoms with E-state index in [9.17, 15) is 13.2 Å². The minimum atomic E-state index is -3.99. The summed E-state index contributed by atoms with van der Waals surface area (Å²) >= 11 is 17.9. The van der Waals surface area contributed by atoms with Gasteiger partial charge in [0.05, 0.1) is 5.02 Å². The Labute approximate surface area is 177 Å². The number of halogens is 3. The van der Waals surface area contributed by atoms with Gasteiger partial charge < -0.3 is 5.32 Å². The summed E-state index contributed by atoms with van der Waals surface area (Å²) < 4.78 is 27.8. The highest BCUT2D eigenvalue weighted by Crippen LogP contribution is 2.26. The van der Waals surface area contributed by atoms with E-state index < -0.39 is 15.9 Å². The highest BCUT2D eigenvalue weighted by Gasteiger charge is 2.20. The van der Waals surface area contributed by atoms with Gasteiger partial charge in [-0.15, -0.1) is 0 Å². The topological polar surface area (TPSA) is 75.3 Å². The van der Waals surface area contributed by atoms with Crippen molar-refractivity contribution in [2.24, 2.45) is 0 Å². The monoisotopic (exact) mass is 454 g/mol. The first kappa shape index (κ1) is 20.5. The van der Waals surface area contributed by atoms with Gasteiger partial charge in [-0.1, -0.05) is 53.0 Å². The number of para-hydroxylation sites is 1. The van der Waals surface area contributed by atoms with Crippen molar-refractivity contribution >= 4 is 62.1 Å². The molecule has 2 N–H and O–H groups in total. The third-order valence-electron chi connectivity index (χ3n) is 3.63. The average Bonchev–Trinajstić information content (AvgIpc) is 2.61. The second-order valence-corrected chi connectivity index (χ2v) is 8.66. The smallest absolute Gasteiger partial charge is 0.263 e. The van der Waals surface area contributed by atoms with E-state index in [-0.39, 0.29) is 15.5 Å². The van der Waals surface area contributed by atoms with Crippen LogP contribution in [0, 0.1) is 0 Å². The first-order valence-corrected chi connectivity index (χ1v) is 10.5. The fraction of sp³-hybridized carbons (Fsp3) is 0. The second-order valence-electron chi connectivity index (χ2n) is 5.73. The Bertz CT molecular complexity index is 1120. The molecule has 0 bridgehead atoms. The summed E-state index contributed by atoms with van der Waals surface area (Å²) in [6, 6.07) is 16.9. The molecule has 5 nitrogen and oxygen atoms in total. The van der Waals surface area contributed by atoms with Crippen LogP contribution >= 0.6 is 34.8 Å². The van der Waals surface area contributed by atoms with Gasteiger partial charge in [-0.25, -0.2) is 8.42 Å².